The number of nitrogens with one attached hydrogen (secondary N) is 1. The molecule has 0 spiro atoms. The van der Waals surface area contributed by atoms with E-state index in [1.54, 1.807) is 6.20 Å². The van der Waals surface area contributed by atoms with Gasteiger partial charge in [0.25, 0.3) is 5.56 Å². The largest absolute Gasteiger partial charge is 0.369 e. The monoisotopic (exact) mass is 256 g/mol. The van der Waals surface area contributed by atoms with Crippen molar-refractivity contribution in [3.05, 3.63) is 21.6 Å². The molecule has 5 nitrogen and oxygen atoms in total. The van der Waals surface area contributed by atoms with Gasteiger partial charge >= 0.3 is 0 Å². The van der Waals surface area contributed by atoms with Crippen LogP contribution in [0.5, 0.6) is 0 Å². The molecular formula is C11H17ClN4O. The predicted molar refractivity (Wildman–Crippen MR) is 68.4 cm³/mol. The number of hydrogen-bond donors (Lipinski definition) is 2. The Kier molecular flexibility index (Phi) is 3.69. The molecule has 2 heterocycles. The van der Waals surface area contributed by atoms with Gasteiger partial charge in [0.15, 0.2) is 0 Å². The topological polar surface area (TPSA) is 75.0 Å². The molecule has 2 unspecified atom stereocenters. The first-order chi connectivity index (χ1) is 8.13. The highest BCUT2D eigenvalue weighted by molar-refractivity contribution is 6.32. The summed E-state index contributed by atoms with van der Waals surface area (Å²) in [5.74, 6) is 1.06. The van der Waals surface area contributed by atoms with Gasteiger partial charge in [-0.05, 0) is 24.8 Å². The second-order valence-corrected chi connectivity index (χ2v) is 4.98. The second-order valence-electron chi connectivity index (χ2n) is 4.61. The number of nitrogens with zero attached hydrogens (tertiary/aromatic N) is 2. The Hall–Kier alpha value is -1.07. The van der Waals surface area contributed by atoms with Gasteiger partial charge in [-0.15, -0.1) is 0 Å². The van der Waals surface area contributed by atoms with Crippen LogP contribution in [0.25, 0.3) is 0 Å². The molecule has 1 fully saturated rings. The molecule has 0 bridgehead atoms. The number of aromatic nitrogens is 2. The average molecular weight is 257 g/mol. The van der Waals surface area contributed by atoms with Gasteiger partial charge in [0.2, 0.25) is 0 Å². The summed E-state index contributed by atoms with van der Waals surface area (Å²) in [4.78, 5) is 13.5. The Morgan fingerprint density at radius 2 is 2.47 bits per heavy atom. The zero-order chi connectivity index (χ0) is 12.4. The number of anilines is 1. The van der Waals surface area contributed by atoms with E-state index in [1.807, 2.05) is 0 Å². The standard InChI is InChI=1S/C11H17ClN4O/c1-7-2-3-16(6-8(7)4-13)9-5-14-15-11(17)10(9)12/h5,7-8H,2-4,6,13H2,1H3,(H,15,17). The van der Waals surface area contributed by atoms with Crippen molar-refractivity contribution >= 4 is 17.3 Å². The molecule has 0 radical (unpaired) electrons. The summed E-state index contributed by atoms with van der Waals surface area (Å²) in [6, 6.07) is 0. The van der Waals surface area contributed by atoms with Crippen molar-refractivity contribution in [1.82, 2.24) is 10.2 Å². The molecule has 1 aliphatic heterocycles. The maximum Gasteiger partial charge on any atom is 0.285 e. The van der Waals surface area contributed by atoms with Crippen LogP contribution in [-0.4, -0.2) is 29.8 Å². The Morgan fingerprint density at radius 1 is 1.71 bits per heavy atom. The third-order valence-corrected chi connectivity index (χ3v) is 3.90. The molecule has 94 valence electrons. The van der Waals surface area contributed by atoms with E-state index < -0.39 is 0 Å². The number of halogens is 1. The first-order valence-corrected chi connectivity index (χ1v) is 6.19. The van der Waals surface area contributed by atoms with E-state index in [1.165, 1.54) is 0 Å². The Balaban J connectivity index is 2.23. The summed E-state index contributed by atoms with van der Waals surface area (Å²) in [6.45, 7) is 4.60. The fourth-order valence-electron chi connectivity index (χ4n) is 2.27. The highest BCUT2D eigenvalue weighted by Crippen LogP contribution is 2.28. The van der Waals surface area contributed by atoms with E-state index in [-0.39, 0.29) is 10.6 Å². The number of rotatable bonds is 2. The predicted octanol–water partition coefficient (Wildman–Crippen LogP) is 0.844. The Bertz CT molecular complexity index is 447. The van der Waals surface area contributed by atoms with Crippen LogP contribution in [0, 0.1) is 11.8 Å². The maximum atomic E-state index is 11.4. The minimum atomic E-state index is -0.341. The van der Waals surface area contributed by atoms with Gasteiger partial charge in [-0.2, -0.15) is 5.10 Å². The second kappa shape index (κ2) is 5.06. The smallest absolute Gasteiger partial charge is 0.285 e. The fourth-order valence-corrected chi connectivity index (χ4v) is 2.48. The lowest BCUT2D eigenvalue weighted by Crippen LogP contribution is -2.43. The van der Waals surface area contributed by atoms with Crippen LogP contribution in [0.15, 0.2) is 11.0 Å². The van der Waals surface area contributed by atoms with Crippen molar-refractivity contribution in [2.24, 2.45) is 17.6 Å². The molecule has 1 aromatic rings. The van der Waals surface area contributed by atoms with Crippen molar-refractivity contribution in [1.29, 1.82) is 0 Å². The van der Waals surface area contributed by atoms with Crippen molar-refractivity contribution in [2.45, 2.75) is 13.3 Å². The van der Waals surface area contributed by atoms with Gasteiger partial charge in [-0.25, -0.2) is 5.10 Å². The SMILES string of the molecule is CC1CCN(c2cn[nH]c(=O)c2Cl)CC1CN. The van der Waals surface area contributed by atoms with Gasteiger partial charge in [0.1, 0.15) is 5.02 Å². The normalized spacial score (nSPS) is 25.0. The van der Waals surface area contributed by atoms with Crippen molar-refractivity contribution in [3.8, 4) is 0 Å². The van der Waals surface area contributed by atoms with Crippen LogP contribution >= 0.6 is 11.6 Å². The fraction of sp³-hybridized carbons (Fsp3) is 0.636. The maximum absolute atomic E-state index is 11.4. The van der Waals surface area contributed by atoms with E-state index >= 15 is 0 Å². The summed E-state index contributed by atoms with van der Waals surface area (Å²) in [6.07, 6.45) is 2.66. The van der Waals surface area contributed by atoms with Gasteiger partial charge < -0.3 is 10.6 Å². The summed E-state index contributed by atoms with van der Waals surface area (Å²) in [7, 11) is 0. The van der Waals surface area contributed by atoms with Gasteiger partial charge in [0.05, 0.1) is 11.9 Å². The zero-order valence-electron chi connectivity index (χ0n) is 9.82. The first-order valence-electron chi connectivity index (χ1n) is 5.81. The molecule has 1 aromatic heterocycles. The van der Waals surface area contributed by atoms with Crippen LogP contribution in [0.3, 0.4) is 0 Å². The Morgan fingerprint density at radius 3 is 3.18 bits per heavy atom. The number of H-pyrrole nitrogens is 1. The van der Waals surface area contributed by atoms with Crippen molar-refractivity contribution in [3.63, 3.8) is 0 Å². The molecule has 1 aliphatic rings. The zero-order valence-corrected chi connectivity index (χ0v) is 10.6. The molecule has 3 N–H and O–H groups in total. The molecule has 0 amide bonds. The van der Waals surface area contributed by atoms with E-state index in [2.05, 4.69) is 22.0 Å². The molecule has 2 atom stereocenters. The number of hydrogen-bond acceptors (Lipinski definition) is 4. The molecule has 1 saturated heterocycles. The van der Waals surface area contributed by atoms with Crippen LogP contribution in [-0.2, 0) is 0 Å². The van der Waals surface area contributed by atoms with E-state index in [0.29, 0.717) is 24.1 Å². The highest BCUT2D eigenvalue weighted by atomic mass is 35.5. The van der Waals surface area contributed by atoms with Crippen LogP contribution in [0.2, 0.25) is 5.02 Å². The minimum absolute atomic E-state index is 0.213. The molecule has 0 aliphatic carbocycles. The lowest BCUT2D eigenvalue weighted by atomic mass is 9.87. The quantitative estimate of drug-likeness (QED) is 0.823. The molecule has 17 heavy (non-hydrogen) atoms. The minimum Gasteiger partial charge on any atom is -0.369 e. The lowest BCUT2D eigenvalue weighted by Gasteiger charge is -2.37. The molecule has 0 saturated carbocycles. The molecule has 2 rings (SSSR count). The number of piperidine rings is 1. The number of nitrogens with two attached hydrogens (primary N) is 1. The molecular weight excluding hydrogens is 240 g/mol. The summed E-state index contributed by atoms with van der Waals surface area (Å²) < 4.78 is 0. The molecule has 6 heteroatoms. The van der Waals surface area contributed by atoms with Crippen LogP contribution in [0.1, 0.15) is 13.3 Å². The van der Waals surface area contributed by atoms with Crippen LogP contribution in [0.4, 0.5) is 5.69 Å². The van der Waals surface area contributed by atoms with Gasteiger partial charge in [-0.1, -0.05) is 18.5 Å². The lowest BCUT2D eigenvalue weighted by molar-refractivity contribution is 0.307. The Labute approximate surface area is 105 Å². The number of aromatic amines is 1. The summed E-state index contributed by atoms with van der Waals surface area (Å²) in [5.41, 5.74) is 6.13. The highest BCUT2D eigenvalue weighted by Gasteiger charge is 2.26. The average Bonchev–Trinajstić information content (AvgIpc) is 2.34. The third-order valence-electron chi connectivity index (χ3n) is 3.53. The third kappa shape index (κ3) is 2.45. The summed E-state index contributed by atoms with van der Waals surface area (Å²) in [5, 5.41) is 6.33. The molecule has 0 aromatic carbocycles. The van der Waals surface area contributed by atoms with Crippen LogP contribution < -0.4 is 16.2 Å². The van der Waals surface area contributed by atoms with Crippen molar-refractivity contribution in [2.75, 3.05) is 24.5 Å². The van der Waals surface area contributed by atoms with Gasteiger partial charge in [0, 0.05) is 13.1 Å². The first kappa shape index (κ1) is 12.4. The summed E-state index contributed by atoms with van der Waals surface area (Å²) >= 11 is 6.00. The van der Waals surface area contributed by atoms with E-state index in [0.717, 1.165) is 19.5 Å². The van der Waals surface area contributed by atoms with Gasteiger partial charge in [-0.3, -0.25) is 4.79 Å². The van der Waals surface area contributed by atoms with E-state index in [9.17, 15) is 4.79 Å². The van der Waals surface area contributed by atoms with E-state index in [4.69, 9.17) is 17.3 Å². The van der Waals surface area contributed by atoms with Crippen molar-refractivity contribution < 1.29 is 0 Å².